The lowest BCUT2D eigenvalue weighted by molar-refractivity contribution is -0.142. The lowest BCUT2D eigenvalue weighted by atomic mass is 10.1. The molecule has 0 aromatic rings. The monoisotopic (exact) mass is 360 g/mol. The number of aliphatic carboxylic acids is 1. The highest BCUT2D eigenvalue weighted by molar-refractivity contribution is 7.88. The fourth-order valence-electron chi connectivity index (χ4n) is 4.12. The molecule has 0 aromatic carbocycles. The van der Waals surface area contributed by atoms with Crippen LogP contribution in [0, 0.1) is 17.8 Å². The molecule has 24 heavy (non-hydrogen) atoms. The number of carboxylic acid groups (broad SMARTS) is 1. The van der Waals surface area contributed by atoms with Gasteiger partial charge < -0.3 is 14.7 Å². The van der Waals surface area contributed by atoms with Gasteiger partial charge in [0.2, 0.25) is 15.9 Å². The Balaban J connectivity index is 1.58. The average Bonchev–Trinajstić information content (AvgIpc) is 2.96. The van der Waals surface area contributed by atoms with Crippen LogP contribution in [0.1, 0.15) is 19.3 Å². The highest BCUT2D eigenvalue weighted by atomic mass is 32.2. The molecule has 8 nitrogen and oxygen atoms in total. The molecule has 1 aliphatic heterocycles. The highest BCUT2D eigenvalue weighted by Gasteiger charge is 2.57. The van der Waals surface area contributed by atoms with Gasteiger partial charge in [-0.15, -0.1) is 0 Å². The minimum atomic E-state index is -3.64. The van der Waals surface area contributed by atoms with Crippen molar-refractivity contribution in [2.45, 2.75) is 25.4 Å². The normalized spacial score (nSPS) is 32.7. The number of carboxylic acids is 1. The van der Waals surface area contributed by atoms with Gasteiger partial charge in [0.1, 0.15) is 6.54 Å². The van der Waals surface area contributed by atoms with Crippen LogP contribution in [-0.4, -0.2) is 79.8 Å². The van der Waals surface area contributed by atoms with Crippen molar-refractivity contribution in [3.05, 3.63) is 0 Å². The van der Waals surface area contributed by atoms with Crippen LogP contribution in [0.25, 0.3) is 0 Å². The summed E-state index contributed by atoms with van der Waals surface area (Å²) in [5.74, 6) is 0.163. The van der Waals surface area contributed by atoms with E-state index in [1.807, 2.05) is 0 Å². The summed E-state index contributed by atoms with van der Waals surface area (Å²) in [6.45, 7) is 0.540. The number of hydrogen-bond acceptors (Lipinski definition) is 5. The maximum absolute atomic E-state index is 12.6. The molecule has 2 saturated carbocycles. The maximum atomic E-state index is 12.6. The maximum Gasteiger partial charge on any atom is 0.318 e. The van der Waals surface area contributed by atoms with Crippen molar-refractivity contribution in [3.63, 3.8) is 0 Å². The second-order valence-corrected chi connectivity index (χ2v) is 8.99. The number of carbonyl (C=O) groups excluding carboxylic acids is 1. The van der Waals surface area contributed by atoms with E-state index >= 15 is 0 Å². The Morgan fingerprint density at radius 3 is 2.54 bits per heavy atom. The summed E-state index contributed by atoms with van der Waals surface area (Å²) in [5.41, 5.74) is 0. The van der Waals surface area contributed by atoms with Crippen LogP contribution in [0.3, 0.4) is 0 Å². The molecule has 9 heteroatoms. The topological polar surface area (TPSA) is 104 Å². The highest BCUT2D eigenvalue weighted by Crippen LogP contribution is 2.58. The Morgan fingerprint density at radius 2 is 1.96 bits per heavy atom. The van der Waals surface area contributed by atoms with Crippen LogP contribution in [0.2, 0.25) is 0 Å². The predicted octanol–water partition coefficient (Wildman–Crippen LogP) is -0.394. The summed E-state index contributed by atoms with van der Waals surface area (Å²) >= 11 is 0. The summed E-state index contributed by atoms with van der Waals surface area (Å²) in [4.78, 5) is 25.3. The largest absolute Gasteiger partial charge is 0.480 e. The first-order chi connectivity index (χ1) is 11.3. The summed E-state index contributed by atoms with van der Waals surface area (Å²) in [5, 5.41) is 8.88. The van der Waals surface area contributed by atoms with E-state index in [0.29, 0.717) is 31.5 Å². The molecular weight excluding hydrogens is 336 g/mol. The summed E-state index contributed by atoms with van der Waals surface area (Å²) < 4.78 is 29.9. The lowest BCUT2D eigenvalue weighted by Crippen LogP contribution is -2.51. The van der Waals surface area contributed by atoms with Crippen molar-refractivity contribution in [1.29, 1.82) is 0 Å². The van der Waals surface area contributed by atoms with Gasteiger partial charge in [0.25, 0.3) is 0 Å². The molecule has 0 aromatic heterocycles. The zero-order valence-corrected chi connectivity index (χ0v) is 14.6. The molecule has 0 spiro atoms. The molecule has 3 unspecified atom stereocenters. The molecule has 0 radical (unpaired) electrons. The Bertz CT molecular complexity index is 611. The van der Waals surface area contributed by atoms with E-state index in [0.717, 1.165) is 23.4 Å². The molecule has 1 amide bonds. The predicted molar refractivity (Wildman–Crippen MR) is 84.7 cm³/mol. The van der Waals surface area contributed by atoms with E-state index < -0.39 is 28.6 Å². The van der Waals surface area contributed by atoms with E-state index in [1.54, 1.807) is 4.90 Å². The van der Waals surface area contributed by atoms with Gasteiger partial charge in [-0.3, -0.25) is 9.59 Å². The minimum Gasteiger partial charge on any atom is -0.480 e. The van der Waals surface area contributed by atoms with Gasteiger partial charge in [0.05, 0.1) is 19.0 Å². The van der Waals surface area contributed by atoms with Crippen LogP contribution in [0.4, 0.5) is 0 Å². The molecular formula is C15H24N2O6S. The zero-order chi connectivity index (χ0) is 17.5. The molecule has 2 aliphatic carbocycles. The molecule has 3 rings (SSSR count). The number of sulfonamides is 1. The summed E-state index contributed by atoms with van der Waals surface area (Å²) in [6.07, 6.45) is 3.97. The van der Waals surface area contributed by atoms with E-state index in [9.17, 15) is 18.0 Å². The van der Waals surface area contributed by atoms with Crippen molar-refractivity contribution in [2.24, 2.45) is 17.8 Å². The third kappa shape index (κ3) is 3.73. The first kappa shape index (κ1) is 17.6. The average molecular weight is 360 g/mol. The van der Waals surface area contributed by atoms with Gasteiger partial charge in [0, 0.05) is 25.6 Å². The van der Waals surface area contributed by atoms with E-state index in [2.05, 4.69) is 0 Å². The Hall–Kier alpha value is -1.19. The number of morpholine rings is 1. The van der Waals surface area contributed by atoms with Crippen LogP contribution >= 0.6 is 0 Å². The van der Waals surface area contributed by atoms with E-state index in [-0.39, 0.29) is 18.4 Å². The van der Waals surface area contributed by atoms with Crippen LogP contribution in [0.5, 0.6) is 0 Å². The Morgan fingerprint density at radius 1 is 1.29 bits per heavy atom. The van der Waals surface area contributed by atoms with Gasteiger partial charge >= 0.3 is 5.97 Å². The zero-order valence-electron chi connectivity index (χ0n) is 13.8. The van der Waals surface area contributed by atoms with Crippen molar-refractivity contribution in [2.75, 3.05) is 39.0 Å². The van der Waals surface area contributed by atoms with Crippen molar-refractivity contribution < 1.29 is 27.9 Å². The third-order valence-electron chi connectivity index (χ3n) is 5.33. The Labute approximate surface area is 141 Å². The van der Waals surface area contributed by atoms with E-state index in [4.69, 9.17) is 9.84 Å². The van der Waals surface area contributed by atoms with Crippen LogP contribution in [0.15, 0.2) is 0 Å². The van der Waals surface area contributed by atoms with Crippen LogP contribution in [-0.2, 0) is 24.3 Å². The van der Waals surface area contributed by atoms with Crippen molar-refractivity contribution >= 4 is 21.9 Å². The second kappa shape index (κ2) is 6.61. The minimum absolute atomic E-state index is 0.0492. The fraction of sp³-hybridized carbons (Fsp3) is 0.867. The quantitative estimate of drug-likeness (QED) is 0.692. The van der Waals surface area contributed by atoms with Gasteiger partial charge in [-0.05, 0) is 24.7 Å². The molecule has 136 valence electrons. The van der Waals surface area contributed by atoms with Crippen molar-refractivity contribution in [1.82, 2.24) is 9.21 Å². The summed E-state index contributed by atoms with van der Waals surface area (Å²) in [7, 11) is -3.64. The number of carbonyl (C=O) groups is 2. The number of nitrogens with zero attached hydrogens (tertiary/aromatic N) is 2. The van der Waals surface area contributed by atoms with Gasteiger partial charge in [-0.25, -0.2) is 8.42 Å². The molecule has 1 N–H and O–H groups in total. The number of amides is 1. The summed E-state index contributed by atoms with van der Waals surface area (Å²) in [6, 6.07) is 0. The first-order valence-electron chi connectivity index (χ1n) is 8.34. The van der Waals surface area contributed by atoms with E-state index in [1.165, 1.54) is 6.42 Å². The molecule has 3 aliphatic rings. The lowest BCUT2D eigenvalue weighted by Gasteiger charge is -2.35. The fourth-order valence-corrected chi connectivity index (χ4v) is 4.91. The number of ether oxygens (including phenoxy) is 1. The molecule has 3 fully saturated rings. The molecule has 1 saturated heterocycles. The third-order valence-corrected chi connectivity index (χ3v) is 6.55. The van der Waals surface area contributed by atoms with Crippen molar-refractivity contribution in [3.8, 4) is 0 Å². The van der Waals surface area contributed by atoms with Crippen LogP contribution < -0.4 is 0 Å². The van der Waals surface area contributed by atoms with Gasteiger partial charge in [0.15, 0.2) is 0 Å². The molecule has 1 heterocycles. The smallest absolute Gasteiger partial charge is 0.318 e. The number of hydrogen-bond donors (Lipinski definition) is 1. The first-order valence-corrected chi connectivity index (χ1v) is 10.2. The SMILES string of the molecule is CS(=O)(=O)N(CC(=O)O)CC1CN(C(=O)C2C3CCCC32)CCO1. The Kier molecular flexibility index (Phi) is 4.85. The standard InChI is InChI=1S/C15H24N2O6S/c1-24(21,22)17(9-13(18)19)8-10-7-16(5-6-23-10)15(20)14-11-3-2-4-12(11)14/h10-12,14H,2-9H2,1H3,(H,18,19). The van der Waals surface area contributed by atoms with Gasteiger partial charge in [-0.1, -0.05) is 6.42 Å². The van der Waals surface area contributed by atoms with Gasteiger partial charge in [-0.2, -0.15) is 4.31 Å². The molecule has 0 bridgehead atoms. The second-order valence-electron chi connectivity index (χ2n) is 7.01. The number of fused-ring (bicyclic) bond motifs is 1. The molecule has 3 atom stereocenters. The number of rotatable bonds is 6.